The normalized spacial score (nSPS) is 19.7. The van der Waals surface area contributed by atoms with Crippen LogP contribution in [0.15, 0.2) is 12.7 Å². The van der Waals surface area contributed by atoms with Crippen LogP contribution in [0, 0.1) is 5.41 Å². The van der Waals surface area contributed by atoms with E-state index in [1.165, 1.54) is 44.9 Å². The lowest BCUT2D eigenvalue weighted by Gasteiger charge is -2.10. The largest absolute Gasteiger partial charge is 0.103 e. The van der Waals surface area contributed by atoms with Crippen LogP contribution in [0.2, 0.25) is 0 Å². The van der Waals surface area contributed by atoms with Crippen molar-refractivity contribution in [2.24, 2.45) is 5.41 Å². The Kier molecular flexibility index (Phi) is 3.16. The molecule has 0 bridgehead atoms. The number of allylic oxidation sites excluding steroid dienone is 1. The third-order valence-corrected chi connectivity index (χ3v) is 2.85. The summed E-state index contributed by atoms with van der Waals surface area (Å²) < 4.78 is 0. The van der Waals surface area contributed by atoms with Crippen molar-refractivity contribution in [3.05, 3.63) is 12.7 Å². The number of hydrogen-bond donors (Lipinski definition) is 0. The average molecular weight is 152 g/mol. The van der Waals surface area contributed by atoms with E-state index in [1.54, 1.807) is 0 Å². The Balaban J connectivity index is 2.09. The van der Waals surface area contributed by atoms with Gasteiger partial charge in [-0.1, -0.05) is 32.3 Å². The molecule has 1 aliphatic rings. The van der Waals surface area contributed by atoms with Gasteiger partial charge in [0, 0.05) is 0 Å². The fraction of sp³-hybridized carbons (Fsp3) is 0.818. The van der Waals surface area contributed by atoms with E-state index in [9.17, 15) is 0 Å². The zero-order valence-electron chi connectivity index (χ0n) is 7.73. The molecule has 1 aliphatic carbocycles. The van der Waals surface area contributed by atoms with Gasteiger partial charge in [0.15, 0.2) is 0 Å². The standard InChI is InChI=1S/C11H20/c1-3-5-6-8-11(7-4-2)9-10-11/h4H,2-3,5-10H2,1H3. The average Bonchev–Trinajstić information content (AvgIpc) is 2.71. The van der Waals surface area contributed by atoms with Gasteiger partial charge in [-0.3, -0.25) is 0 Å². The van der Waals surface area contributed by atoms with E-state index in [1.807, 2.05) is 0 Å². The Morgan fingerprint density at radius 1 is 1.36 bits per heavy atom. The molecule has 0 radical (unpaired) electrons. The third kappa shape index (κ3) is 2.69. The van der Waals surface area contributed by atoms with Crippen LogP contribution in [0.4, 0.5) is 0 Å². The second-order valence-corrected chi connectivity index (χ2v) is 3.95. The number of hydrogen-bond acceptors (Lipinski definition) is 0. The molecular weight excluding hydrogens is 132 g/mol. The fourth-order valence-corrected chi connectivity index (χ4v) is 1.79. The van der Waals surface area contributed by atoms with E-state index in [4.69, 9.17) is 0 Å². The monoisotopic (exact) mass is 152 g/mol. The molecule has 0 N–H and O–H groups in total. The van der Waals surface area contributed by atoms with Gasteiger partial charge in [0.1, 0.15) is 0 Å². The van der Waals surface area contributed by atoms with Crippen molar-refractivity contribution in [3.8, 4) is 0 Å². The molecule has 64 valence electrons. The maximum Gasteiger partial charge on any atom is -0.0263 e. The quantitative estimate of drug-likeness (QED) is 0.399. The van der Waals surface area contributed by atoms with E-state index >= 15 is 0 Å². The third-order valence-electron chi connectivity index (χ3n) is 2.85. The van der Waals surface area contributed by atoms with Gasteiger partial charge in [0.2, 0.25) is 0 Å². The van der Waals surface area contributed by atoms with Crippen molar-refractivity contribution in [3.63, 3.8) is 0 Å². The first kappa shape index (κ1) is 8.83. The summed E-state index contributed by atoms with van der Waals surface area (Å²) in [5.41, 5.74) is 0.733. The second kappa shape index (κ2) is 3.94. The van der Waals surface area contributed by atoms with Gasteiger partial charge in [-0.25, -0.2) is 0 Å². The lowest BCUT2D eigenvalue weighted by Crippen LogP contribution is -1.97. The molecule has 0 aromatic heterocycles. The van der Waals surface area contributed by atoms with Gasteiger partial charge in [-0.05, 0) is 31.1 Å². The van der Waals surface area contributed by atoms with Gasteiger partial charge in [0.25, 0.3) is 0 Å². The molecule has 0 unspecified atom stereocenters. The van der Waals surface area contributed by atoms with Crippen molar-refractivity contribution in [1.82, 2.24) is 0 Å². The van der Waals surface area contributed by atoms with E-state index < -0.39 is 0 Å². The molecule has 1 fully saturated rings. The number of rotatable bonds is 6. The summed E-state index contributed by atoms with van der Waals surface area (Å²) in [4.78, 5) is 0. The molecule has 1 rings (SSSR count). The Bertz CT molecular complexity index is 120. The summed E-state index contributed by atoms with van der Waals surface area (Å²) in [6.45, 7) is 6.09. The Morgan fingerprint density at radius 3 is 2.55 bits per heavy atom. The van der Waals surface area contributed by atoms with E-state index in [-0.39, 0.29) is 0 Å². The molecular formula is C11H20. The Morgan fingerprint density at radius 2 is 2.09 bits per heavy atom. The molecule has 0 spiro atoms. The molecule has 0 atom stereocenters. The Hall–Kier alpha value is -0.260. The first-order valence-corrected chi connectivity index (χ1v) is 4.94. The smallest absolute Gasteiger partial charge is 0.0263 e. The van der Waals surface area contributed by atoms with Gasteiger partial charge in [-0.2, -0.15) is 0 Å². The highest BCUT2D eigenvalue weighted by Crippen LogP contribution is 2.52. The predicted molar refractivity (Wildman–Crippen MR) is 50.6 cm³/mol. The molecule has 0 nitrogen and oxygen atoms in total. The molecule has 0 heteroatoms. The van der Waals surface area contributed by atoms with Crippen LogP contribution in [0.5, 0.6) is 0 Å². The summed E-state index contributed by atoms with van der Waals surface area (Å²) >= 11 is 0. The van der Waals surface area contributed by atoms with Crippen molar-refractivity contribution < 1.29 is 0 Å². The van der Waals surface area contributed by atoms with Crippen LogP contribution in [-0.4, -0.2) is 0 Å². The SMILES string of the molecule is C=CCC1(CCCCC)CC1. The van der Waals surface area contributed by atoms with Crippen molar-refractivity contribution in [1.29, 1.82) is 0 Å². The molecule has 0 saturated heterocycles. The van der Waals surface area contributed by atoms with Gasteiger partial charge in [-0.15, -0.1) is 6.58 Å². The summed E-state index contributed by atoms with van der Waals surface area (Å²) in [6, 6.07) is 0. The molecule has 1 saturated carbocycles. The van der Waals surface area contributed by atoms with Crippen LogP contribution >= 0.6 is 0 Å². The second-order valence-electron chi connectivity index (χ2n) is 3.95. The van der Waals surface area contributed by atoms with Gasteiger partial charge in [0.05, 0.1) is 0 Å². The first-order chi connectivity index (χ1) is 5.33. The molecule has 0 aromatic carbocycles. The fourth-order valence-electron chi connectivity index (χ4n) is 1.79. The minimum atomic E-state index is 0.733. The maximum absolute atomic E-state index is 3.81. The van der Waals surface area contributed by atoms with Gasteiger partial charge < -0.3 is 0 Å². The lowest BCUT2D eigenvalue weighted by molar-refractivity contribution is 0.444. The Labute approximate surface area is 70.7 Å². The van der Waals surface area contributed by atoms with Crippen LogP contribution in [-0.2, 0) is 0 Å². The summed E-state index contributed by atoms with van der Waals surface area (Å²) in [7, 11) is 0. The van der Waals surface area contributed by atoms with E-state index in [2.05, 4.69) is 19.6 Å². The minimum absolute atomic E-state index is 0.733. The molecule has 0 aromatic rings. The molecule has 0 heterocycles. The highest BCUT2D eigenvalue weighted by Gasteiger charge is 2.39. The molecule has 0 aliphatic heterocycles. The van der Waals surface area contributed by atoms with Crippen molar-refractivity contribution in [2.45, 2.75) is 51.9 Å². The number of unbranched alkanes of at least 4 members (excludes halogenated alkanes) is 2. The van der Waals surface area contributed by atoms with Crippen LogP contribution in [0.1, 0.15) is 51.9 Å². The van der Waals surface area contributed by atoms with Crippen LogP contribution < -0.4 is 0 Å². The molecule has 0 amide bonds. The summed E-state index contributed by atoms with van der Waals surface area (Å²) in [5.74, 6) is 0. The topological polar surface area (TPSA) is 0 Å². The highest BCUT2D eigenvalue weighted by molar-refractivity contribution is 4.97. The van der Waals surface area contributed by atoms with Crippen LogP contribution in [0.3, 0.4) is 0 Å². The van der Waals surface area contributed by atoms with Crippen LogP contribution in [0.25, 0.3) is 0 Å². The maximum atomic E-state index is 3.81. The van der Waals surface area contributed by atoms with Gasteiger partial charge >= 0.3 is 0 Å². The summed E-state index contributed by atoms with van der Waals surface area (Å²) in [6.07, 6.45) is 11.9. The highest BCUT2D eigenvalue weighted by atomic mass is 14.4. The zero-order chi connectivity index (χ0) is 8.16. The minimum Gasteiger partial charge on any atom is -0.103 e. The zero-order valence-corrected chi connectivity index (χ0v) is 7.73. The summed E-state index contributed by atoms with van der Waals surface area (Å²) in [5, 5.41) is 0. The molecule has 11 heavy (non-hydrogen) atoms. The first-order valence-electron chi connectivity index (χ1n) is 4.94. The lowest BCUT2D eigenvalue weighted by atomic mass is 9.95. The van der Waals surface area contributed by atoms with E-state index in [0.717, 1.165) is 5.41 Å². The predicted octanol–water partition coefficient (Wildman–Crippen LogP) is 3.92. The van der Waals surface area contributed by atoms with E-state index in [0.29, 0.717) is 0 Å². The van der Waals surface area contributed by atoms with Crippen molar-refractivity contribution in [2.75, 3.05) is 0 Å². The van der Waals surface area contributed by atoms with Crippen molar-refractivity contribution >= 4 is 0 Å².